The molecule has 0 bridgehead atoms. The van der Waals surface area contributed by atoms with Crippen LogP contribution in [-0.4, -0.2) is 45.2 Å². The smallest absolute Gasteiger partial charge is 0.328 e. The molecule has 0 aromatic heterocycles. The van der Waals surface area contributed by atoms with Crippen LogP contribution < -0.4 is 20.1 Å². The molecule has 0 aliphatic heterocycles. The summed E-state index contributed by atoms with van der Waals surface area (Å²) in [6.45, 7) is 1.11. The number of nitrogens with one attached hydrogen (secondary N) is 2. The summed E-state index contributed by atoms with van der Waals surface area (Å²) in [6.07, 6.45) is 1.16. The van der Waals surface area contributed by atoms with Gasteiger partial charge in [-0.05, 0) is 65.6 Å². The van der Waals surface area contributed by atoms with Crippen molar-refractivity contribution in [1.29, 1.82) is 0 Å². The molecule has 0 saturated carbocycles. The molecule has 7 heteroatoms. The number of ether oxygens (including phenoxy) is 3. The number of para-hydroxylation sites is 2. The fourth-order valence-electron chi connectivity index (χ4n) is 5.24. The second-order valence-corrected chi connectivity index (χ2v) is 10.8. The van der Waals surface area contributed by atoms with Gasteiger partial charge in [-0.1, -0.05) is 84.9 Å². The summed E-state index contributed by atoms with van der Waals surface area (Å²) in [5, 5.41) is 6.75. The number of rotatable bonds is 15. The number of esters is 1. The van der Waals surface area contributed by atoms with Crippen LogP contribution in [0.4, 0.5) is 11.4 Å². The van der Waals surface area contributed by atoms with E-state index in [1.165, 1.54) is 18.2 Å². The topological polar surface area (TPSA) is 85.9 Å². The van der Waals surface area contributed by atoms with Crippen LogP contribution in [0.1, 0.15) is 32.6 Å². The van der Waals surface area contributed by atoms with Gasteiger partial charge in [0.1, 0.15) is 24.1 Å². The lowest BCUT2D eigenvalue weighted by atomic mass is 10.00. The first-order valence-corrected chi connectivity index (χ1v) is 15.2. The minimum absolute atomic E-state index is 0.122. The quantitative estimate of drug-likeness (QED) is 0.0733. The summed E-state index contributed by atoms with van der Waals surface area (Å²) in [5.41, 5.74) is 6.01. The number of hydrogen-bond donors (Lipinski definition) is 2. The Kier molecular flexibility index (Phi) is 11.0. The maximum absolute atomic E-state index is 13.2. The molecule has 0 saturated heterocycles. The van der Waals surface area contributed by atoms with E-state index in [0.717, 1.165) is 29.2 Å². The van der Waals surface area contributed by atoms with Gasteiger partial charge in [0.25, 0.3) is 0 Å². The summed E-state index contributed by atoms with van der Waals surface area (Å²) >= 11 is 0. The minimum Gasteiger partial charge on any atom is -0.497 e. The Bertz CT molecular complexity index is 1740. The first kappa shape index (κ1) is 31.9. The molecule has 0 radical (unpaired) electrons. The SMILES string of the molecule is COC(=O)C(Cc1ccc(OCCNc2ccccc2Cc2cccc(OC)c2)cc1)Nc1ccccc1C(=O)c1ccccc1. The zero-order valence-electron chi connectivity index (χ0n) is 26.1. The third-order valence-corrected chi connectivity index (χ3v) is 7.62. The Morgan fingerprint density at radius 2 is 1.41 bits per heavy atom. The van der Waals surface area contributed by atoms with Crippen molar-refractivity contribution < 1.29 is 23.8 Å². The van der Waals surface area contributed by atoms with Gasteiger partial charge in [-0.2, -0.15) is 0 Å². The fraction of sp³-hybridized carbons (Fsp3) is 0.179. The van der Waals surface area contributed by atoms with Gasteiger partial charge in [0.15, 0.2) is 5.78 Å². The molecule has 7 nitrogen and oxygen atoms in total. The summed E-state index contributed by atoms with van der Waals surface area (Å²) in [4.78, 5) is 26.0. The Morgan fingerprint density at radius 1 is 0.696 bits per heavy atom. The van der Waals surface area contributed by atoms with Crippen LogP contribution in [0.3, 0.4) is 0 Å². The Labute approximate surface area is 270 Å². The molecule has 234 valence electrons. The van der Waals surface area contributed by atoms with Crippen LogP contribution in [0.2, 0.25) is 0 Å². The van der Waals surface area contributed by atoms with E-state index in [1.54, 1.807) is 31.4 Å². The van der Waals surface area contributed by atoms with Crippen molar-refractivity contribution in [2.24, 2.45) is 0 Å². The van der Waals surface area contributed by atoms with Crippen LogP contribution in [-0.2, 0) is 22.4 Å². The molecule has 0 aliphatic rings. The summed E-state index contributed by atoms with van der Waals surface area (Å²) in [5.74, 6) is 1.04. The van der Waals surface area contributed by atoms with Crippen molar-refractivity contribution >= 4 is 23.1 Å². The number of carbonyl (C=O) groups excluding carboxylic acids is 2. The molecule has 0 spiro atoms. The highest BCUT2D eigenvalue weighted by atomic mass is 16.5. The number of hydrogen-bond acceptors (Lipinski definition) is 7. The van der Waals surface area contributed by atoms with Crippen LogP contribution in [0.25, 0.3) is 0 Å². The fourth-order valence-corrected chi connectivity index (χ4v) is 5.24. The highest BCUT2D eigenvalue weighted by Crippen LogP contribution is 2.24. The maximum atomic E-state index is 13.2. The largest absolute Gasteiger partial charge is 0.497 e. The minimum atomic E-state index is -0.692. The molecule has 0 fully saturated rings. The molecular weight excluding hydrogens is 576 g/mol. The third-order valence-electron chi connectivity index (χ3n) is 7.62. The van der Waals surface area contributed by atoms with Gasteiger partial charge < -0.3 is 24.8 Å². The van der Waals surface area contributed by atoms with Gasteiger partial charge in [-0.25, -0.2) is 4.79 Å². The van der Waals surface area contributed by atoms with Crippen molar-refractivity contribution in [2.45, 2.75) is 18.9 Å². The van der Waals surface area contributed by atoms with Crippen LogP contribution in [0, 0.1) is 0 Å². The number of methoxy groups -OCH3 is 2. The van der Waals surface area contributed by atoms with E-state index < -0.39 is 12.0 Å². The Morgan fingerprint density at radius 3 is 2.17 bits per heavy atom. The van der Waals surface area contributed by atoms with Crippen molar-refractivity contribution in [3.8, 4) is 11.5 Å². The molecule has 5 rings (SSSR count). The molecule has 2 N–H and O–H groups in total. The molecule has 0 aliphatic carbocycles. The van der Waals surface area contributed by atoms with Crippen LogP contribution in [0.15, 0.2) is 127 Å². The van der Waals surface area contributed by atoms with E-state index in [-0.39, 0.29) is 5.78 Å². The lowest BCUT2D eigenvalue weighted by Crippen LogP contribution is -2.33. The number of carbonyl (C=O) groups is 2. The molecule has 5 aromatic carbocycles. The van der Waals surface area contributed by atoms with E-state index >= 15 is 0 Å². The van der Waals surface area contributed by atoms with Gasteiger partial charge in [-0.15, -0.1) is 0 Å². The van der Waals surface area contributed by atoms with E-state index in [9.17, 15) is 9.59 Å². The summed E-state index contributed by atoms with van der Waals surface area (Å²) in [6, 6.07) is 39.6. The van der Waals surface area contributed by atoms with Gasteiger partial charge in [0, 0.05) is 35.5 Å². The van der Waals surface area contributed by atoms with E-state index in [2.05, 4.69) is 34.9 Å². The summed E-state index contributed by atoms with van der Waals surface area (Å²) in [7, 11) is 3.04. The molecule has 0 amide bonds. The maximum Gasteiger partial charge on any atom is 0.328 e. The van der Waals surface area contributed by atoms with Crippen molar-refractivity contribution in [3.63, 3.8) is 0 Å². The van der Waals surface area contributed by atoms with Gasteiger partial charge >= 0.3 is 5.97 Å². The molecule has 1 atom stereocenters. The van der Waals surface area contributed by atoms with Crippen molar-refractivity contribution in [3.05, 3.63) is 155 Å². The molecular formula is C39H38N2O5. The molecule has 1 unspecified atom stereocenters. The number of benzene rings is 5. The predicted molar refractivity (Wildman–Crippen MR) is 182 cm³/mol. The van der Waals surface area contributed by atoms with E-state index in [4.69, 9.17) is 14.2 Å². The lowest BCUT2D eigenvalue weighted by Gasteiger charge is -2.20. The highest BCUT2D eigenvalue weighted by Gasteiger charge is 2.22. The van der Waals surface area contributed by atoms with Crippen LogP contribution in [0.5, 0.6) is 11.5 Å². The van der Waals surface area contributed by atoms with Crippen molar-refractivity contribution in [1.82, 2.24) is 0 Å². The van der Waals surface area contributed by atoms with Gasteiger partial charge in [0.2, 0.25) is 0 Å². The monoisotopic (exact) mass is 614 g/mol. The van der Waals surface area contributed by atoms with E-state index in [0.29, 0.717) is 36.4 Å². The highest BCUT2D eigenvalue weighted by molar-refractivity contribution is 6.12. The standard InChI is InChI=1S/C39H38N2O5/c1-44-33-15-10-11-29(26-33)25-31-14-6-8-17-35(31)40-23-24-46-32-21-19-28(20-22-32)27-37(39(43)45-2)41-36-18-9-7-16-34(36)38(42)30-12-4-3-5-13-30/h3-22,26,37,40-41H,23-25,27H2,1-2H3. The first-order valence-electron chi connectivity index (χ1n) is 15.2. The lowest BCUT2D eigenvalue weighted by molar-refractivity contribution is -0.141. The Hall–Kier alpha value is -5.56. The Balaban J connectivity index is 1.16. The second kappa shape index (κ2) is 16.0. The normalized spacial score (nSPS) is 11.3. The van der Waals surface area contributed by atoms with E-state index in [1.807, 2.05) is 78.9 Å². The number of anilines is 2. The average Bonchev–Trinajstić information content (AvgIpc) is 3.11. The van der Waals surface area contributed by atoms with Crippen molar-refractivity contribution in [2.75, 3.05) is 38.0 Å². The average molecular weight is 615 g/mol. The van der Waals surface area contributed by atoms with Crippen LogP contribution >= 0.6 is 0 Å². The van der Waals surface area contributed by atoms with Gasteiger partial charge in [0.05, 0.1) is 14.2 Å². The molecule has 46 heavy (non-hydrogen) atoms. The summed E-state index contributed by atoms with van der Waals surface area (Å²) < 4.78 is 16.5. The predicted octanol–water partition coefficient (Wildman–Crippen LogP) is 7.20. The third kappa shape index (κ3) is 8.54. The zero-order chi connectivity index (χ0) is 32.1. The number of ketones is 1. The zero-order valence-corrected chi connectivity index (χ0v) is 26.1. The first-order chi connectivity index (χ1) is 22.5. The van der Waals surface area contributed by atoms with Gasteiger partial charge in [-0.3, -0.25) is 4.79 Å². The second-order valence-electron chi connectivity index (χ2n) is 10.8. The molecule has 0 heterocycles. The molecule has 5 aromatic rings.